The van der Waals surface area contributed by atoms with Gasteiger partial charge in [0, 0.05) is 19.1 Å². The van der Waals surface area contributed by atoms with Gasteiger partial charge in [0.2, 0.25) is 0 Å². The van der Waals surface area contributed by atoms with Gasteiger partial charge in [0.25, 0.3) is 0 Å². The van der Waals surface area contributed by atoms with Crippen molar-refractivity contribution >= 4 is 18.0 Å². The number of morpholine rings is 1. The Labute approximate surface area is 122 Å². The third kappa shape index (κ3) is 2.94. The van der Waals surface area contributed by atoms with E-state index < -0.39 is 29.9 Å². The molecular weight excluding hydrogens is 280 g/mol. The first kappa shape index (κ1) is 15.6. The Morgan fingerprint density at radius 2 is 1.95 bits per heavy atom. The minimum atomic E-state index is -0.899. The normalized spacial score (nSPS) is 29.3. The van der Waals surface area contributed by atoms with Gasteiger partial charge in [0.1, 0.15) is 0 Å². The highest BCUT2D eigenvalue weighted by atomic mass is 16.5. The number of rotatable bonds is 2. The predicted octanol–water partition coefficient (Wildman–Crippen LogP) is -0.225. The zero-order valence-electron chi connectivity index (χ0n) is 12.2. The highest BCUT2D eigenvalue weighted by Gasteiger charge is 2.43. The van der Waals surface area contributed by atoms with E-state index in [1.165, 1.54) is 16.9 Å². The number of carboxylic acid groups (broad SMARTS) is 1. The SMILES string of the molecule is COC(=O)C1COCCN1C(=O)N1CCC(C(=O)O)C1C. The summed E-state index contributed by atoms with van der Waals surface area (Å²) in [7, 11) is 1.26. The number of aliphatic carboxylic acids is 1. The van der Waals surface area contributed by atoms with E-state index in [0.29, 0.717) is 26.1 Å². The maximum atomic E-state index is 12.6. The number of carboxylic acids is 1. The lowest BCUT2D eigenvalue weighted by molar-refractivity contribution is -0.151. The molecule has 0 aliphatic carbocycles. The van der Waals surface area contributed by atoms with Crippen molar-refractivity contribution in [2.45, 2.75) is 25.4 Å². The van der Waals surface area contributed by atoms with E-state index in [9.17, 15) is 14.4 Å². The van der Waals surface area contributed by atoms with Gasteiger partial charge < -0.3 is 24.4 Å². The van der Waals surface area contributed by atoms with Crippen LogP contribution in [-0.4, -0.2) is 78.4 Å². The molecule has 0 aromatic heterocycles. The molecule has 2 saturated heterocycles. The van der Waals surface area contributed by atoms with Crippen molar-refractivity contribution in [1.82, 2.24) is 9.80 Å². The van der Waals surface area contributed by atoms with Crippen molar-refractivity contribution in [3.8, 4) is 0 Å². The quantitative estimate of drug-likeness (QED) is 0.708. The highest BCUT2D eigenvalue weighted by molar-refractivity contribution is 5.85. The second-order valence-electron chi connectivity index (χ2n) is 5.26. The first-order chi connectivity index (χ1) is 9.97. The number of ether oxygens (including phenoxy) is 2. The lowest BCUT2D eigenvalue weighted by atomic mass is 10.0. The molecule has 2 amide bonds. The Morgan fingerprint density at radius 1 is 1.24 bits per heavy atom. The molecule has 0 bridgehead atoms. The van der Waals surface area contributed by atoms with Gasteiger partial charge in [-0.2, -0.15) is 0 Å². The maximum absolute atomic E-state index is 12.6. The zero-order valence-corrected chi connectivity index (χ0v) is 12.2. The molecule has 8 nitrogen and oxygen atoms in total. The number of methoxy groups -OCH3 is 1. The van der Waals surface area contributed by atoms with E-state index in [4.69, 9.17) is 14.6 Å². The average molecular weight is 300 g/mol. The van der Waals surface area contributed by atoms with Crippen LogP contribution < -0.4 is 0 Å². The Morgan fingerprint density at radius 3 is 2.52 bits per heavy atom. The number of esters is 1. The van der Waals surface area contributed by atoms with E-state index in [-0.39, 0.29) is 12.6 Å². The number of carbonyl (C=O) groups excluding carboxylic acids is 2. The summed E-state index contributed by atoms with van der Waals surface area (Å²) in [5, 5.41) is 9.13. The molecule has 2 heterocycles. The van der Waals surface area contributed by atoms with Crippen LogP contribution in [0.3, 0.4) is 0 Å². The Bertz CT molecular complexity index is 440. The lowest BCUT2D eigenvalue weighted by Crippen LogP contribution is -2.57. The van der Waals surface area contributed by atoms with Gasteiger partial charge in [-0.1, -0.05) is 0 Å². The number of carbonyl (C=O) groups is 3. The Balaban J connectivity index is 2.11. The fourth-order valence-electron chi connectivity index (χ4n) is 2.87. The molecule has 0 spiro atoms. The summed E-state index contributed by atoms with van der Waals surface area (Å²) in [5.74, 6) is -1.99. The number of likely N-dealkylation sites (tertiary alicyclic amines) is 1. The molecule has 2 aliphatic rings. The van der Waals surface area contributed by atoms with Crippen molar-refractivity contribution in [3.05, 3.63) is 0 Å². The first-order valence-electron chi connectivity index (χ1n) is 6.93. The van der Waals surface area contributed by atoms with Crippen molar-refractivity contribution in [2.24, 2.45) is 5.92 Å². The van der Waals surface area contributed by atoms with Crippen LogP contribution in [0.15, 0.2) is 0 Å². The molecule has 0 radical (unpaired) electrons. The molecule has 21 heavy (non-hydrogen) atoms. The molecule has 2 rings (SSSR count). The molecule has 3 unspecified atom stereocenters. The van der Waals surface area contributed by atoms with Gasteiger partial charge in [-0.3, -0.25) is 4.79 Å². The molecular formula is C13H20N2O6. The minimum Gasteiger partial charge on any atom is -0.481 e. The summed E-state index contributed by atoms with van der Waals surface area (Å²) in [4.78, 5) is 38.4. The summed E-state index contributed by atoms with van der Waals surface area (Å²) < 4.78 is 9.92. The fraction of sp³-hybridized carbons (Fsp3) is 0.769. The summed E-state index contributed by atoms with van der Waals surface area (Å²) >= 11 is 0. The minimum absolute atomic E-state index is 0.100. The molecule has 0 aromatic carbocycles. The molecule has 8 heteroatoms. The largest absolute Gasteiger partial charge is 0.481 e. The van der Waals surface area contributed by atoms with Crippen LogP contribution in [-0.2, 0) is 19.1 Å². The molecule has 1 N–H and O–H groups in total. The lowest BCUT2D eigenvalue weighted by Gasteiger charge is -2.37. The van der Waals surface area contributed by atoms with E-state index in [1.807, 2.05) is 0 Å². The number of amides is 2. The van der Waals surface area contributed by atoms with Gasteiger partial charge in [-0.15, -0.1) is 0 Å². The second kappa shape index (κ2) is 6.30. The summed E-state index contributed by atoms with van der Waals surface area (Å²) in [6, 6.07) is -1.49. The van der Waals surface area contributed by atoms with Crippen molar-refractivity contribution < 1.29 is 29.0 Å². The number of nitrogens with zero attached hydrogens (tertiary/aromatic N) is 2. The average Bonchev–Trinajstić information content (AvgIpc) is 2.87. The van der Waals surface area contributed by atoms with Gasteiger partial charge in [0.05, 0.1) is 26.2 Å². The second-order valence-corrected chi connectivity index (χ2v) is 5.26. The van der Waals surface area contributed by atoms with E-state index >= 15 is 0 Å². The number of urea groups is 1. The molecule has 0 saturated carbocycles. The van der Waals surface area contributed by atoms with E-state index in [0.717, 1.165) is 0 Å². The van der Waals surface area contributed by atoms with Crippen LogP contribution >= 0.6 is 0 Å². The van der Waals surface area contributed by atoms with Gasteiger partial charge in [0.15, 0.2) is 6.04 Å². The number of hydrogen-bond acceptors (Lipinski definition) is 5. The molecule has 2 aliphatic heterocycles. The Kier molecular flexibility index (Phi) is 4.66. The van der Waals surface area contributed by atoms with Crippen LogP contribution in [0.1, 0.15) is 13.3 Å². The standard InChI is InChI=1S/C13H20N2O6/c1-8-9(11(16)17)3-4-14(8)13(19)15-5-6-21-7-10(15)12(18)20-2/h8-10H,3-7H2,1-2H3,(H,16,17). The maximum Gasteiger partial charge on any atom is 0.331 e. The fourth-order valence-corrected chi connectivity index (χ4v) is 2.87. The molecule has 118 valence electrons. The van der Waals surface area contributed by atoms with Gasteiger partial charge >= 0.3 is 18.0 Å². The van der Waals surface area contributed by atoms with Crippen molar-refractivity contribution in [3.63, 3.8) is 0 Å². The third-order valence-corrected chi connectivity index (χ3v) is 4.17. The van der Waals surface area contributed by atoms with E-state index in [2.05, 4.69) is 0 Å². The summed E-state index contributed by atoms with van der Waals surface area (Å²) in [5.41, 5.74) is 0. The van der Waals surface area contributed by atoms with Crippen LogP contribution in [0.4, 0.5) is 4.79 Å². The first-order valence-corrected chi connectivity index (χ1v) is 6.93. The van der Waals surface area contributed by atoms with Gasteiger partial charge in [-0.25, -0.2) is 9.59 Å². The van der Waals surface area contributed by atoms with Crippen LogP contribution in [0.2, 0.25) is 0 Å². The van der Waals surface area contributed by atoms with Crippen molar-refractivity contribution in [1.29, 1.82) is 0 Å². The molecule has 3 atom stereocenters. The Hall–Kier alpha value is -1.83. The van der Waals surface area contributed by atoms with Crippen LogP contribution in [0.25, 0.3) is 0 Å². The van der Waals surface area contributed by atoms with Crippen molar-refractivity contribution in [2.75, 3.05) is 33.4 Å². The highest BCUT2D eigenvalue weighted by Crippen LogP contribution is 2.26. The summed E-state index contributed by atoms with van der Waals surface area (Å²) in [6.07, 6.45) is 0.426. The van der Waals surface area contributed by atoms with Gasteiger partial charge in [-0.05, 0) is 13.3 Å². The van der Waals surface area contributed by atoms with E-state index in [1.54, 1.807) is 6.92 Å². The topological polar surface area (TPSA) is 96.4 Å². The molecule has 2 fully saturated rings. The molecule has 0 aromatic rings. The third-order valence-electron chi connectivity index (χ3n) is 4.17. The van der Waals surface area contributed by atoms with Crippen LogP contribution in [0.5, 0.6) is 0 Å². The smallest absolute Gasteiger partial charge is 0.331 e. The zero-order chi connectivity index (χ0) is 15.6. The predicted molar refractivity (Wildman–Crippen MR) is 70.6 cm³/mol. The van der Waals surface area contributed by atoms with Crippen LogP contribution in [0, 0.1) is 5.92 Å². The number of hydrogen-bond donors (Lipinski definition) is 1. The monoisotopic (exact) mass is 300 g/mol. The summed E-state index contributed by atoms with van der Waals surface area (Å²) in [6.45, 7) is 2.84.